The maximum absolute atomic E-state index is 13.6. The maximum atomic E-state index is 13.6. The van der Waals surface area contributed by atoms with Crippen LogP contribution in [0.25, 0.3) is 0 Å². The van der Waals surface area contributed by atoms with Gasteiger partial charge < -0.3 is 5.32 Å². The molecule has 0 saturated carbocycles. The van der Waals surface area contributed by atoms with Gasteiger partial charge in [-0.05, 0) is 32.7 Å². The molecule has 0 amide bonds. The van der Waals surface area contributed by atoms with Crippen molar-refractivity contribution >= 4 is 0 Å². The second-order valence-corrected chi connectivity index (χ2v) is 4.24. The summed E-state index contributed by atoms with van der Waals surface area (Å²) < 4.78 is 13.6. The lowest BCUT2D eigenvalue weighted by Gasteiger charge is -2.31. The number of hydrogen-bond acceptors (Lipinski definition) is 1. The summed E-state index contributed by atoms with van der Waals surface area (Å²) in [4.78, 5) is 0. The third kappa shape index (κ3) is 4.05. The normalized spacial score (nSPS) is 15.2. The topological polar surface area (TPSA) is 12.0 Å². The highest BCUT2D eigenvalue weighted by Gasteiger charge is 2.30. The molecule has 0 aromatic rings. The summed E-state index contributed by atoms with van der Waals surface area (Å²) in [5, 5.41) is 3.23. The van der Waals surface area contributed by atoms with Crippen LogP contribution < -0.4 is 5.32 Å². The van der Waals surface area contributed by atoms with Crippen molar-refractivity contribution in [1.29, 1.82) is 0 Å². The van der Waals surface area contributed by atoms with Gasteiger partial charge in [-0.3, -0.25) is 0 Å². The molecule has 12 heavy (non-hydrogen) atoms. The van der Waals surface area contributed by atoms with Crippen LogP contribution in [0.2, 0.25) is 0 Å². The van der Waals surface area contributed by atoms with Crippen molar-refractivity contribution in [3.8, 4) is 0 Å². The lowest BCUT2D eigenvalue weighted by molar-refractivity contribution is 0.119. The van der Waals surface area contributed by atoms with Crippen molar-refractivity contribution in [2.24, 2.45) is 5.92 Å². The highest BCUT2D eigenvalue weighted by molar-refractivity contribution is 4.86. The molecule has 0 rings (SSSR count). The zero-order valence-corrected chi connectivity index (χ0v) is 8.95. The van der Waals surface area contributed by atoms with Gasteiger partial charge in [-0.2, -0.15) is 0 Å². The van der Waals surface area contributed by atoms with Crippen LogP contribution in [0.4, 0.5) is 4.39 Å². The van der Waals surface area contributed by atoms with E-state index in [0.717, 1.165) is 13.0 Å². The molecule has 0 aromatic heterocycles. The van der Waals surface area contributed by atoms with E-state index in [0.29, 0.717) is 5.92 Å². The number of nitrogens with one attached hydrogen (secondary N) is 1. The van der Waals surface area contributed by atoms with Gasteiger partial charge in [0.2, 0.25) is 0 Å². The van der Waals surface area contributed by atoms with Gasteiger partial charge in [0.15, 0.2) is 0 Å². The predicted octanol–water partition coefficient (Wildman–Crippen LogP) is 2.76. The van der Waals surface area contributed by atoms with Crippen LogP contribution in [0.5, 0.6) is 0 Å². The van der Waals surface area contributed by atoms with Gasteiger partial charge >= 0.3 is 0 Å². The quantitative estimate of drug-likeness (QED) is 0.677. The minimum Gasteiger partial charge on any atom is -0.311 e. The molecule has 0 radical (unpaired) electrons. The lowest BCUT2D eigenvalue weighted by Crippen LogP contribution is -2.47. The molecule has 0 aromatic carbocycles. The van der Waals surface area contributed by atoms with E-state index in [1.807, 2.05) is 0 Å². The first-order valence-corrected chi connectivity index (χ1v) is 4.82. The Kier molecular flexibility index (Phi) is 4.76. The summed E-state index contributed by atoms with van der Waals surface area (Å²) in [6, 6.07) is -0.0301. The fourth-order valence-corrected chi connectivity index (χ4v) is 1.57. The zero-order valence-electron chi connectivity index (χ0n) is 8.95. The van der Waals surface area contributed by atoms with Gasteiger partial charge in [-0.15, -0.1) is 0 Å². The third-order valence-electron chi connectivity index (χ3n) is 2.02. The SMILES string of the molecule is CCCNC(C(C)C)C(C)(C)F. The van der Waals surface area contributed by atoms with Crippen molar-refractivity contribution in [3.05, 3.63) is 0 Å². The van der Waals surface area contributed by atoms with Crippen LogP contribution in [0, 0.1) is 5.92 Å². The van der Waals surface area contributed by atoms with Crippen molar-refractivity contribution in [2.75, 3.05) is 6.54 Å². The summed E-state index contributed by atoms with van der Waals surface area (Å²) in [6.07, 6.45) is 1.05. The average molecular weight is 175 g/mol. The fourth-order valence-electron chi connectivity index (χ4n) is 1.57. The molecule has 1 atom stereocenters. The van der Waals surface area contributed by atoms with Crippen LogP contribution in [0.1, 0.15) is 41.0 Å². The molecule has 0 aliphatic rings. The van der Waals surface area contributed by atoms with E-state index in [2.05, 4.69) is 26.1 Å². The molecule has 1 unspecified atom stereocenters. The summed E-state index contributed by atoms with van der Waals surface area (Å²) in [5.74, 6) is 0.344. The molecule has 0 saturated heterocycles. The fraction of sp³-hybridized carbons (Fsp3) is 1.00. The Bertz CT molecular complexity index is 115. The van der Waals surface area contributed by atoms with Crippen LogP contribution in [-0.4, -0.2) is 18.3 Å². The number of hydrogen-bond donors (Lipinski definition) is 1. The standard InChI is InChI=1S/C10H22FN/c1-6-7-12-9(8(2)3)10(4,5)11/h8-9,12H,6-7H2,1-5H3. The van der Waals surface area contributed by atoms with E-state index >= 15 is 0 Å². The Hall–Kier alpha value is -0.110. The van der Waals surface area contributed by atoms with Gasteiger partial charge in [0.05, 0.1) is 0 Å². The molecule has 1 N–H and O–H groups in total. The van der Waals surface area contributed by atoms with Crippen molar-refractivity contribution in [3.63, 3.8) is 0 Å². The second-order valence-electron chi connectivity index (χ2n) is 4.24. The monoisotopic (exact) mass is 175 g/mol. The Balaban J connectivity index is 4.05. The molecule has 0 bridgehead atoms. The molecule has 74 valence electrons. The Morgan fingerprint density at radius 1 is 1.33 bits per heavy atom. The number of alkyl halides is 1. The summed E-state index contributed by atoms with van der Waals surface area (Å²) in [6.45, 7) is 10.4. The molecule has 1 nitrogen and oxygen atoms in total. The van der Waals surface area contributed by atoms with E-state index in [9.17, 15) is 4.39 Å². The highest BCUT2D eigenvalue weighted by atomic mass is 19.1. The molecule has 0 aliphatic carbocycles. The molecule has 0 aliphatic heterocycles. The highest BCUT2D eigenvalue weighted by Crippen LogP contribution is 2.20. The Morgan fingerprint density at radius 2 is 1.83 bits per heavy atom. The van der Waals surface area contributed by atoms with Crippen molar-refractivity contribution < 1.29 is 4.39 Å². The largest absolute Gasteiger partial charge is 0.311 e. The van der Waals surface area contributed by atoms with Crippen LogP contribution in [0.15, 0.2) is 0 Å². The third-order valence-corrected chi connectivity index (χ3v) is 2.02. The predicted molar refractivity (Wildman–Crippen MR) is 52.1 cm³/mol. The lowest BCUT2D eigenvalue weighted by atomic mass is 9.90. The second kappa shape index (κ2) is 4.80. The van der Waals surface area contributed by atoms with Gasteiger partial charge in [-0.25, -0.2) is 4.39 Å². The van der Waals surface area contributed by atoms with Gasteiger partial charge in [0, 0.05) is 6.04 Å². The van der Waals surface area contributed by atoms with E-state index in [-0.39, 0.29) is 6.04 Å². The van der Waals surface area contributed by atoms with Crippen LogP contribution >= 0.6 is 0 Å². The van der Waals surface area contributed by atoms with Crippen LogP contribution in [0.3, 0.4) is 0 Å². The zero-order chi connectivity index (χ0) is 9.78. The van der Waals surface area contributed by atoms with E-state index in [4.69, 9.17) is 0 Å². The molecular formula is C10H22FN. The van der Waals surface area contributed by atoms with Crippen molar-refractivity contribution in [2.45, 2.75) is 52.8 Å². The summed E-state index contributed by atoms with van der Waals surface area (Å²) in [7, 11) is 0. The van der Waals surface area contributed by atoms with E-state index < -0.39 is 5.67 Å². The summed E-state index contributed by atoms with van der Waals surface area (Å²) >= 11 is 0. The first kappa shape index (κ1) is 11.9. The smallest absolute Gasteiger partial charge is 0.120 e. The van der Waals surface area contributed by atoms with Gasteiger partial charge in [-0.1, -0.05) is 20.8 Å². The van der Waals surface area contributed by atoms with Crippen molar-refractivity contribution in [1.82, 2.24) is 5.32 Å². The van der Waals surface area contributed by atoms with Gasteiger partial charge in [0.25, 0.3) is 0 Å². The molecule has 0 spiro atoms. The summed E-state index contributed by atoms with van der Waals surface area (Å²) in [5.41, 5.74) is -1.12. The number of rotatable bonds is 5. The average Bonchev–Trinajstić information content (AvgIpc) is 1.84. The minimum atomic E-state index is -1.12. The van der Waals surface area contributed by atoms with Gasteiger partial charge in [0.1, 0.15) is 5.67 Å². The minimum absolute atomic E-state index is 0.0301. The Morgan fingerprint density at radius 3 is 2.08 bits per heavy atom. The van der Waals surface area contributed by atoms with Crippen LogP contribution in [-0.2, 0) is 0 Å². The van der Waals surface area contributed by atoms with E-state index in [1.165, 1.54) is 0 Å². The molecule has 0 fully saturated rings. The molecule has 0 heterocycles. The first-order chi connectivity index (χ1) is 5.39. The number of halogens is 1. The van der Waals surface area contributed by atoms with E-state index in [1.54, 1.807) is 13.8 Å². The maximum Gasteiger partial charge on any atom is 0.120 e. The Labute approximate surface area is 75.7 Å². The first-order valence-electron chi connectivity index (χ1n) is 4.82. The molecule has 2 heteroatoms. The molecular weight excluding hydrogens is 153 g/mol.